The lowest BCUT2D eigenvalue weighted by Gasteiger charge is -2.21. The number of hydrogen-bond acceptors (Lipinski definition) is 7. The normalized spacial score (nSPS) is 18.3. The third-order valence-corrected chi connectivity index (χ3v) is 6.10. The van der Waals surface area contributed by atoms with Crippen LogP contribution in [0.25, 0.3) is 0 Å². The minimum atomic E-state index is 0.329. The highest BCUT2D eigenvalue weighted by molar-refractivity contribution is 7.99. The molecule has 7 nitrogen and oxygen atoms in total. The Bertz CT molecular complexity index is 835. The Labute approximate surface area is 176 Å². The summed E-state index contributed by atoms with van der Waals surface area (Å²) in [6, 6.07) is 6.13. The maximum absolute atomic E-state index is 5.73. The molecular formula is C21H28N4O3S. The van der Waals surface area contributed by atoms with Gasteiger partial charge >= 0.3 is 0 Å². The molecule has 0 radical (unpaired) electrons. The molecule has 0 aliphatic carbocycles. The molecule has 1 aromatic heterocycles. The zero-order valence-electron chi connectivity index (χ0n) is 16.9. The van der Waals surface area contributed by atoms with Crippen molar-refractivity contribution in [1.82, 2.24) is 19.7 Å². The Morgan fingerprint density at radius 2 is 2.07 bits per heavy atom. The molecule has 1 aromatic carbocycles. The van der Waals surface area contributed by atoms with Crippen LogP contribution in [0.2, 0.25) is 0 Å². The predicted octanol–water partition coefficient (Wildman–Crippen LogP) is 3.14. The molecular weight excluding hydrogens is 388 g/mol. The van der Waals surface area contributed by atoms with Gasteiger partial charge in [0.1, 0.15) is 19.0 Å². The summed E-state index contributed by atoms with van der Waals surface area (Å²) in [6.45, 7) is 8.17. The monoisotopic (exact) mass is 416 g/mol. The van der Waals surface area contributed by atoms with Gasteiger partial charge in [-0.05, 0) is 37.6 Å². The minimum absolute atomic E-state index is 0.329. The lowest BCUT2D eigenvalue weighted by atomic mass is 10.2. The SMILES string of the molecule is C=CCn1c(CN(C)Cc2ccc3c(c2)OCCO3)nnc1SCC1CCCO1. The average Bonchev–Trinajstić information content (AvgIpc) is 3.37. The molecule has 1 atom stereocenters. The fraction of sp³-hybridized carbons (Fsp3) is 0.524. The van der Waals surface area contributed by atoms with Crippen LogP contribution in [0.1, 0.15) is 24.2 Å². The van der Waals surface area contributed by atoms with Crippen molar-refractivity contribution in [3.63, 3.8) is 0 Å². The van der Waals surface area contributed by atoms with Crippen molar-refractivity contribution in [3.05, 3.63) is 42.2 Å². The van der Waals surface area contributed by atoms with Gasteiger partial charge in [-0.25, -0.2) is 0 Å². The van der Waals surface area contributed by atoms with E-state index >= 15 is 0 Å². The molecule has 0 bridgehead atoms. The predicted molar refractivity (Wildman–Crippen MR) is 113 cm³/mol. The molecule has 1 fully saturated rings. The highest BCUT2D eigenvalue weighted by Crippen LogP contribution is 2.31. The van der Waals surface area contributed by atoms with Gasteiger partial charge in [-0.15, -0.1) is 16.8 Å². The van der Waals surface area contributed by atoms with Crippen molar-refractivity contribution in [2.24, 2.45) is 0 Å². The summed E-state index contributed by atoms with van der Waals surface area (Å²) < 4.78 is 19.2. The molecule has 0 saturated carbocycles. The van der Waals surface area contributed by atoms with Gasteiger partial charge in [-0.2, -0.15) is 0 Å². The van der Waals surface area contributed by atoms with Crippen LogP contribution in [0.5, 0.6) is 11.5 Å². The first-order valence-electron chi connectivity index (χ1n) is 10.1. The number of ether oxygens (including phenoxy) is 3. The topological polar surface area (TPSA) is 61.6 Å². The van der Waals surface area contributed by atoms with Crippen molar-refractivity contribution in [1.29, 1.82) is 0 Å². The highest BCUT2D eigenvalue weighted by Gasteiger charge is 2.19. The van der Waals surface area contributed by atoms with E-state index in [1.165, 1.54) is 5.56 Å². The number of benzene rings is 1. The van der Waals surface area contributed by atoms with E-state index in [-0.39, 0.29) is 0 Å². The third-order valence-electron chi connectivity index (χ3n) is 5.00. The molecule has 0 spiro atoms. The van der Waals surface area contributed by atoms with Crippen LogP contribution >= 0.6 is 11.8 Å². The van der Waals surface area contributed by atoms with Gasteiger partial charge in [0.05, 0.1) is 12.6 Å². The van der Waals surface area contributed by atoms with Gasteiger partial charge in [0.25, 0.3) is 0 Å². The Hall–Kier alpha value is -2.03. The maximum atomic E-state index is 5.73. The molecule has 4 rings (SSSR count). The van der Waals surface area contributed by atoms with E-state index in [0.717, 1.165) is 54.2 Å². The summed E-state index contributed by atoms with van der Waals surface area (Å²) in [7, 11) is 2.09. The standard InChI is InChI=1S/C21H28N4O3S/c1-3-8-25-20(22-23-21(25)29-15-17-5-4-9-26-17)14-24(2)13-16-6-7-18-19(12-16)28-11-10-27-18/h3,6-7,12,17H,1,4-5,8-11,13-15H2,2H3. The van der Waals surface area contributed by atoms with Crippen LogP contribution in [0.3, 0.4) is 0 Å². The van der Waals surface area contributed by atoms with Crippen LogP contribution in [0.15, 0.2) is 36.0 Å². The molecule has 2 aliphatic rings. The van der Waals surface area contributed by atoms with Crippen LogP contribution in [-0.2, 0) is 24.4 Å². The molecule has 0 amide bonds. The van der Waals surface area contributed by atoms with Crippen molar-refractivity contribution in [2.45, 2.75) is 43.7 Å². The second kappa shape index (κ2) is 9.65. The largest absolute Gasteiger partial charge is 0.486 e. The van der Waals surface area contributed by atoms with E-state index in [1.54, 1.807) is 11.8 Å². The van der Waals surface area contributed by atoms with E-state index in [4.69, 9.17) is 14.2 Å². The zero-order chi connectivity index (χ0) is 20.1. The maximum Gasteiger partial charge on any atom is 0.191 e. The van der Waals surface area contributed by atoms with E-state index in [2.05, 4.69) is 45.4 Å². The first-order chi connectivity index (χ1) is 14.2. The summed E-state index contributed by atoms with van der Waals surface area (Å²) >= 11 is 1.72. The second-order valence-corrected chi connectivity index (χ2v) is 8.38. The Balaban J connectivity index is 1.39. The molecule has 156 valence electrons. The first kappa shape index (κ1) is 20.3. The number of aromatic nitrogens is 3. The highest BCUT2D eigenvalue weighted by atomic mass is 32.2. The fourth-order valence-corrected chi connectivity index (χ4v) is 4.63. The number of allylic oxidation sites excluding steroid dienone is 1. The Morgan fingerprint density at radius 3 is 2.86 bits per heavy atom. The number of nitrogens with zero attached hydrogens (tertiary/aromatic N) is 4. The zero-order valence-corrected chi connectivity index (χ0v) is 17.7. The van der Waals surface area contributed by atoms with E-state index in [0.29, 0.717) is 32.4 Å². The molecule has 3 heterocycles. The van der Waals surface area contributed by atoms with E-state index in [1.807, 2.05) is 12.1 Å². The van der Waals surface area contributed by atoms with Crippen molar-refractivity contribution >= 4 is 11.8 Å². The average molecular weight is 417 g/mol. The van der Waals surface area contributed by atoms with Crippen molar-refractivity contribution in [2.75, 3.05) is 32.6 Å². The quantitative estimate of drug-likeness (QED) is 0.460. The Kier molecular flexibility index (Phi) is 6.74. The lowest BCUT2D eigenvalue weighted by Crippen LogP contribution is -2.21. The van der Waals surface area contributed by atoms with Gasteiger partial charge in [0, 0.05) is 25.4 Å². The second-order valence-electron chi connectivity index (χ2n) is 7.39. The van der Waals surface area contributed by atoms with E-state index in [9.17, 15) is 0 Å². The van der Waals surface area contributed by atoms with Crippen molar-refractivity contribution < 1.29 is 14.2 Å². The summed E-state index contributed by atoms with van der Waals surface area (Å²) in [4.78, 5) is 2.23. The molecule has 2 aliphatic heterocycles. The first-order valence-corrected chi connectivity index (χ1v) is 11.1. The van der Waals surface area contributed by atoms with Gasteiger partial charge in [-0.3, -0.25) is 4.90 Å². The Morgan fingerprint density at radius 1 is 1.21 bits per heavy atom. The van der Waals surface area contributed by atoms with E-state index < -0.39 is 0 Å². The van der Waals surface area contributed by atoms with Gasteiger partial charge < -0.3 is 18.8 Å². The van der Waals surface area contributed by atoms with Crippen molar-refractivity contribution in [3.8, 4) is 11.5 Å². The fourth-order valence-electron chi connectivity index (χ4n) is 3.59. The molecule has 1 unspecified atom stereocenters. The van der Waals surface area contributed by atoms with Crippen LogP contribution in [0, 0.1) is 0 Å². The number of rotatable bonds is 9. The summed E-state index contributed by atoms with van der Waals surface area (Å²) in [5.41, 5.74) is 1.18. The minimum Gasteiger partial charge on any atom is -0.486 e. The van der Waals surface area contributed by atoms with Crippen LogP contribution in [0.4, 0.5) is 0 Å². The van der Waals surface area contributed by atoms with Gasteiger partial charge in [0.2, 0.25) is 0 Å². The summed E-state index contributed by atoms with van der Waals surface area (Å²) in [5, 5.41) is 9.81. The van der Waals surface area contributed by atoms with Crippen LogP contribution in [-0.4, -0.2) is 58.4 Å². The summed E-state index contributed by atoms with van der Waals surface area (Å²) in [6.07, 6.45) is 4.51. The smallest absolute Gasteiger partial charge is 0.191 e. The molecule has 0 N–H and O–H groups in total. The lowest BCUT2D eigenvalue weighted by molar-refractivity contribution is 0.129. The number of thioether (sulfide) groups is 1. The number of hydrogen-bond donors (Lipinski definition) is 0. The van der Waals surface area contributed by atoms with Gasteiger partial charge in [-0.1, -0.05) is 23.9 Å². The number of fused-ring (bicyclic) bond motifs is 1. The molecule has 2 aromatic rings. The molecule has 29 heavy (non-hydrogen) atoms. The van der Waals surface area contributed by atoms with Gasteiger partial charge in [0.15, 0.2) is 16.7 Å². The summed E-state index contributed by atoms with van der Waals surface area (Å²) in [5.74, 6) is 3.51. The molecule has 1 saturated heterocycles. The third kappa shape index (κ3) is 5.12. The molecule has 8 heteroatoms. The van der Waals surface area contributed by atoms with Crippen LogP contribution < -0.4 is 9.47 Å².